The average Bonchev–Trinajstić information content (AvgIpc) is 3.22. The zero-order valence-electron chi connectivity index (χ0n) is 18.2. The number of aliphatic hydroxyl groups excluding tert-OH is 1. The van der Waals surface area contributed by atoms with Crippen molar-refractivity contribution in [2.75, 3.05) is 52.3 Å². The van der Waals surface area contributed by atoms with Gasteiger partial charge >= 0.3 is 0 Å². The summed E-state index contributed by atoms with van der Waals surface area (Å²) in [5.41, 5.74) is 3.83. The Morgan fingerprint density at radius 2 is 1.91 bits per heavy atom. The summed E-state index contributed by atoms with van der Waals surface area (Å²) in [6, 6.07) is 7.43. The molecule has 0 unspecified atom stereocenters. The highest BCUT2D eigenvalue weighted by Crippen LogP contribution is 2.34. The minimum atomic E-state index is -3.40. The number of hydrogen-bond acceptors (Lipinski definition) is 6. The minimum absolute atomic E-state index is 0.165. The second-order valence-corrected chi connectivity index (χ2v) is 10.3. The fourth-order valence-electron chi connectivity index (χ4n) is 3.83. The van der Waals surface area contributed by atoms with Crippen LogP contribution in [0.15, 0.2) is 36.7 Å². The van der Waals surface area contributed by atoms with Crippen molar-refractivity contribution < 1.29 is 18.3 Å². The molecule has 0 saturated carbocycles. The van der Waals surface area contributed by atoms with Gasteiger partial charge in [0.2, 0.25) is 0 Å². The third kappa shape index (κ3) is 4.16. The molecule has 1 N–H and O–H groups in total. The summed E-state index contributed by atoms with van der Waals surface area (Å²) in [6.07, 6.45) is 3.81. The number of anilines is 1. The lowest BCUT2D eigenvalue weighted by atomic mass is 10.1. The first-order chi connectivity index (χ1) is 15.2. The first-order valence-electron chi connectivity index (χ1n) is 10.1. The molecule has 1 saturated heterocycles. The van der Waals surface area contributed by atoms with Crippen molar-refractivity contribution in [2.45, 2.75) is 6.61 Å². The van der Waals surface area contributed by atoms with E-state index in [1.165, 1.54) is 15.7 Å². The number of ether oxygens (including phenoxy) is 1. The van der Waals surface area contributed by atoms with E-state index in [2.05, 4.69) is 4.90 Å². The number of methoxy groups -OCH3 is 1. The van der Waals surface area contributed by atoms with E-state index in [-0.39, 0.29) is 6.61 Å². The van der Waals surface area contributed by atoms with Crippen LogP contribution in [0.4, 0.5) is 5.69 Å². The number of pyridine rings is 1. The largest absolute Gasteiger partial charge is 0.495 e. The maximum Gasteiger partial charge on any atom is 0.281 e. The van der Waals surface area contributed by atoms with Gasteiger partial charge in [0.25, 0.3) is 10.2 Å². The molecule has 3 aromatic rings. The number of rotatable bonds is 6. The van der Waals surface area contributed by atoms with Gasteiger partial charge in [0.15, 0.2) is 0 Å². The predicted octanol–water partition coefficient (Wildman–Crippen LogP) is 2.08. The summed E-state index contributed by atoms with van der Waals surface area (Å²) in [7, 11) is 1.22. The Morgan fingerprint density at radius 3 is 2.53 bits per heavy atom. The standard InChI is InChI=1S/C21H26ClN5O4S/c1-24(2)32(29,30)27-8-6-25(7-9-27)16-4-5-26-13-19(23-21(26)11-16)17-12-18(22)20(31-3)10-15(17)14-28/h4-5,10-13,28H,6-9,14H2,1-3H3. The molecule has 4 rings (SSSR count). The number of hydrogen-bond donors (Lipinski definition) is 1. The van der Waals surface area contributed by atoms with E-state index in [0.29, 0.717) is 48.2 Å². The molecule has 1 fully saturated rings. The lowest BCUT2D eigenvalue weighted by molar-refractivity contribution is 0.281. The molecule has 1 aliphatic rings. The second-order valence-electron chi connectivity index (χ2n) is 7.75. The van der Waals surface area contributed by atoms with Crippen molar-refractivity contribution in [3.63, 3.8) is 0 Å². The van der Waals surface area contributed by atoms with Crippen LogP contribution in [0.2, 0.25) is 5.02 Å². The topological polar surface area (TPSA) is 90.6 Å². The maximum absolute atomic E-state index is 12.3. The van der Waals surface area contributed by atoms with Gasteiger partial charge in [-0.15, -0.1) is 0 Å². The van der Waals surface area contributed by atoms with Crippen LogP contribution in [0, 0.1) is 0 Å². The van der Waals surface area contributed by atoms with Gasteiger partial charge in [-0.05, 0) is 23.8 Å². The number of imidazole rings is 1. The van der Waals surface area contributed by atoms with Crippen LogP contribution in [0.3, 0.4) is 0 Å². The molecule has 0 aliphatic carbocycles. The maximum atomic E-state index is 12.3. The Kier molecular flexibility index (Phi) is 6.33. The molecule has 1 aromatic carbocycles. The first-order valence-corrected chi connectivity index (χ1v) is 11.9. The summed E-state index contributed by atoms with van der Waals surface area (Å²) >= 11 is 6.30. The van der Waals surface area contributed by atoms with Crippen LogP contribution in [0.5, 0.6) is 5.75 Å². The van der Waals surface area contributed by atoms with E-state index < -0.39 is 10.2 Å². The fourth-order valence-corrected chi connectivity index (χ4v) is 5.15. The van der Waals surface area contributed by atoms with Crippen LogP contribution in [-0.2, 0) is 16.8 Å². The summed E-state index contributed by atoms with van der Waals surface area (Å²) in [5.74, 6) is 0.501. The molecule has 3 heterocycles. The molecule has 32 heavy (non-hydrogen) atoms. The molecular weight excluding hydrogens is 454 g/mol. The molecule has 0 radical (unpaired) electrons. The monoisotopic (exact) mass is 479 g/mol. The molecule has 172 valence electrons. The van der Waals surface area contributed by atoms with Gasteiger partial charge in [-0.25, -0.2) is 4.98 Å². The zero-order valence-corrected chi connectivity index (χ0v) is 19.8. The summed E-state index contributed by atoms with van der Waals surface area (Å²) in [4.78, 5) is 6.89. The molecule has 11 heteroatoms. The molecule has 9 nitrogen and oxygen atoms in total. The van der Waals surface area contributed by atoms with E-state index >= 15 is 0 Å². The Balaban J connectivity index is 1.59. The molecule has 0 amide bonds. The number of piperazine rings is 1. The summed E-state index contributed by atoms with van der Waals surface area (Å²) in [6.45, 7) is 1.88. The minimum Gasteiger partial charge on any atom is -0.495 e. The van der Waals surface area contributed by atoms with Crippen LogP contribution in [0.25, 0.3) is 16.9 Å². The molecule has 2 aromatic heterocycles. The number of fused-ring (bicyclic) bond motifs is 1. The predicted molar refractivity (Wildman–Crippen MR) is 125 cm³/mol. The molecule has 0 bridgehead atoms. The quantitative estimate of drug-likeness (QED) is 0.582. The Labute approximate surface area is 192 Å². The van der Waals surface area contributed by atoms with Gasteiger partial charge in [0.05, 0.1) is 24.4 Å². The van der Waals surface area contributed by atoms with Crippen molar-refractivity contribution >= 4 is 33.1 Å². The third-order valence-corrected chi connectivity index (χ3v) is 7.90. The van der Waals surface area contributed by atoms with E-state index in [9.17, 15) is 13.5 Å². The molecular formula is C21H26ClN5O4S. The van der Waals surface area contributed by atoms with Gasteiger partial charge in [0.1, 0.15) is 11.4 Å². The van der Waals surface area contributed by atoms with Crippen LogP contribution in [-0.4, -0.2) is 78.9 Å². The number of nitrogens with zero attached hydrogens (tertiary/aromatic N) is 5. The van der Waals surface area contributed by atoms with E-state index in [1.54, 1.807) is 26.2 Å². The van der Waals surface area contributed by atoms with Gasteiger partial charge in [-0.1, -0.05) is 11.6 Å². The summed E-state index contributed by atoms with van der Waals surface area (Å²) < 4.78 is 34.6. The normalized spacial score (nSPS) is 15.6. The van der Waals surface area contributed by atoms with Crippen LogP contribution < -0.4 is 9.64 Å². The smallest absolute Gasteiger partial charge is 0.281 e. The van der Waals surface area contributed by atoms with Crippen molar-refractivity contribution in [3.05, 3.63) is 47.2 Å². The van der Waals surface area contributed by atoms with Gasteiger partial charge < -0.3 is 19.1 Å². The van der Waals surface area contributed by atoms with Crippen LogP contribution >= 0.6 is 11.6 Å². The molecule has 0 spiro atoms. The second kappa shape index (κ2) is 8.87. The average molecular weight is 480 g/mol. The van der Waals surface area contributed by atoms with Crippen LogP contribution in [0.1, 0.15) is 5.56 Å². The van der Waals surface area contributed by atoms with Gasteiger partial charge in [-0.2, -0.15) is 17.0 Å². The highest BCUT2D eigenvalue weighted by Gasteiger charge is 2.28. The van der Waals surface area contributed by atoms with E-state index in [4.69, 9.17) is 21.3 Å². The van der Waals surface area contributed by atoms with E-state index in [0.717, 1.165) is 16.9 Å². The number of aromatic nitrogens is 2. The number of benzene rings is 1. The highest BCUT2D eigenvalue weighted by molar-refractivity contribution is 7.86. The number of halogens is 1. The molecule has 0 atom stereocenters. The third-order valence-electron chi connectivity index (χ3n) is 5.66. The van der Waals surface area contributed by atoms with Gasteiger partial charge in [0, 0.05) is 70.0 Å². The lowest BCUT2D eigenvalue weighted by Crippen LogP contribution is -2.51. The van der Waals surface area contributed by atoms with E-state index in [1.807, 2.05) is 28.9 Å². The SMILES string of the molecule is COc1cc(CO)c(-c2cn3ccc(N4CCN(S(=O)(=O)N(C)C)CC4)cc3n2)cc1Cl. The first kappa shape index (κ1) is 22.8. The fraction of sp³-hybridized carbons (Fsp3) is 0.381. The Morgan fingerprint density at radius 1 is 1.19 bits per heavy atom. The van der Waals surface area contributed by atoms with Gasteiger partial charge in [-0.3, -0.25) is 0 Å². The Hall–Kier alpha value is -2.37. The summed E-state index contributed by atoms with van der Waals surface area (Å²) in [5, 5.41) is 10.3. The van der Waals surface area contributed by atoms with Crippen molar-refractivity contribution in [1.82, 2.24) is 18.0 Å². The zero-order chi connectivity index (χ0) is 23.0. The van der Waals surface area contributed by atoms with Crippen molar-refractivity contribution in [3.8, 4) is 17.0 Å². The number of aliphatic hydroxyl groups is 1. The molecule has 1 aliphatic heterocycles. The lowest BCUT2D eigenvalue weighted by Gasteiger charge is -2.36. The van der Waals surface area contributed by atoms with Crippen molar-refractivity contribution in [1.29, 1.82) is 0 Å². The van der Waals surface area contributed by atoms with Crippen molar-refractivity contribution in [2.24, 2.45) is 0 Å². The Bertz CT molecular complexity index is 1240. The highest BCUT2D eigenvalue weighted by atomic mass is 35.5.